The van der Waals surface area contributed by atoms with Crippen molar-refractivity contribution in [3.63, 3.8) is 0 Å². The Morgan fingerprint density at radius 2 is 1.79 bits per heavy atom. The second-order valence-electron chi connectivity index (χ2n) is 5.22. The van der Waals surface area contributed by atoms with E-state index >= 15 is 0 Å². The van der Waals surface area contributed by atoms with Gasteiger partial charge in [0.05, 0.1) is 12.7 Å². The number of methoxy groups -OCH3 is 1. The summed E-state index contributed by atoms with van der Waals surface area (Å²) < 4.78 is 6.97. The maximum Gasteiger partial charge on any atom is 0.174 e. The van der Waals surface area contributed by atoms with Crippen molar-refractivity contribution >= 4 is 11.6 Å². The average molecular weight is 316 g/mol. The summed E-state index contributed by atoms with van der Waals surface area (Å²) in [4.78, 5) is 0. The number of aromatic nitrogens is 3. The Hall–Kier alpha value is -3.39. The van der Waals surface area contributed by atoms with Crippen LogP contribution in [0.2, 0.25) is 0 Å². The molecule has 5 nitrogen and oxygen atoms in total. The molecule has 0 saturated heterocycles. The highest BCUT2D eigenvalue weighted by Gasteiger charge is 2.14. The molecule has 0 amide bonds. The van der Waals surface area contributed by atoms with E-state index < -0.39 is 0 Å². The first kappa shape index (κ1) is 15.5. The Morgan fingerprint density at radius 1 is 1.08 bits per heavy atom. The number of ether oxygens (including phenoxy) is 1. The van der Waals surface area contributed by atoms with Crippen LogP contribution >= 0.6 is 0 Å². The minimum Gasteiger partial charge on any atom is -0.497 e. The molecule has 0 radical (unpaired) electrons. The van der Waals surface area contributed by atoms with Crippen molar-refractivity contribution in [3.05, 3.63) is 66.0 Å². The predicted octanol–water partition coefficient (Wildman–Crippen LogP) is 3.55. The Labute approximate surface area is 140 Å². The van der Waals surface area contributed by atoms with Crippen molar-refractivity contribution in [2.75, 3.05) is 7.11 Å². The molecule has 0 saturated carbocycles. The van der Waals surface area contributed by atoms with Gasteiger partial charge < -0.3 is 9.30 Å². The second-order valence-corrected chi connectivity index (χ2v) is 5.22. The molecule has 0 aliphatic carbocycles. The molecule has 0 aliphatic heterocycles. The van der Waals surface area contributed by atoms with Crippen molar-refractivity contribution in [2.45, 2.75) is 0 Å². The Balaban J connectivity index is 1.98. The smallest absolute Gasteiger partial charge is 0.174 e. The number of nitrogens with zero attached hydrogens (tertiary/aromatic N) is 4. The molecule has 0 unspecified atom stereocenters. The summed E-state index contributed by atoms with van der Waals surface area (Å²) in [6, 6.07) is 19.5. The second kappa shape index (κ2) is 6.80. The first-order chi connectivity index (χ1) is 11.7. The SMILES string of the molecule is COc1ccc(C=C(C#N)c2nnc(-c3ccccc3)n2C)cc1. The quantitative estimate of drug-likeness (QED) is 0.690. The van der Waals surface area contributed by atoms with Gasteiger partial charge in [-0.15, -0.1) is 10.2 Å². The summed E-state index contributed by atoms with van der Waals surface area (Å²) in [7, 11) is 3.48. The third-order valence-electron chi connectivity index (χ3n) is 3.70. The van der Waals surface area contributed by atoms with Crippen LogP contribution < -0.4 is 4.74 Å². The van der Waals surface area contributed by atoms with E-state index in [0.717, 1.165) is 22.7 Å². The lowest BCUT2D eigenvalue weighted by Gasteiger charge is -2.04. The first-order valence-corrected chi connectivity index (χ1v) is 7.44. The molecule has 3 aromatic rings. The van der Waals surface area contributed by atoms with Crippen molar-refractivity contribution in [1.29, 1.82) is 5.26 Å². The molecule has 0 aliphatic rings. The van der Waals surface area contributed by atoms with Gasteiger partial charge in [0.15, 0.2) is 11.6 Å². The third kappa shape index (κ3) is 3.03. The normalized spacial score (nSPS) is 11.1. The topological polar surface area (TPSA) is 63.7 Å². The van der Waals surface area contributed by atoms with E-state index in [9.17, 15) is 5.26 Å². The van der Waals surface area contributed by atoms with Crippen LogP contribution in [-0.4, -0.2) is 21.9 Å². The van der Waals surface area contributed by atoms with Crippen molar-refractivity contribution < 1.29 is 4.74 Å². The molecule has 0 spiro atoms. The highest BCUT2D eigenvalue weighted by Crippen LogP contribution is 2.22. The minimum absolute atomic E-state index is 0.456. The standard InChI is InChI=1S/C19H16N4O/c1-23-18(15-6-4-3-5-7-15)21-22-19(23)16(13-20)12-14-8-10-17(24-2)11-9-14/h3-12H,1-2H3. The number of rotatable bonds is 4. The number of benzene rings is 2. The first-order valence-electron chi connectivity index (χ1n) is 7.44. The van der Waals surface area contributed by atoms with Crippen LogP contribution in [0.4, 0.5) is 0 Å². The van der Waals surface area contributed by atoms with Gasteiger partial charge in [0, 0.05) is 12.6 Å². The zero-order chi connectivity index (χ0) is 16.9. The van der Waals surface area contributed by atoms with Crippen LogP contribution in [-0.2, 0) is 7.05 Å². The van der Waals surface area contributed by atoms with Gasteiger partial charge in [-0.3, -0.25) is 0 Å². The van der Waals surface area contributed by atoms with Gasteiger partial charge in [-0.25, -0.2) is 0 Å². The minimum atomic E-state index is 0.456. The van der Waals surface area contributed by atoms with Crippen LogP contribution in [0.5, 0.6) is 5.75 Å². The van der Waals surface area contributed by atoms with Gasteiger partial charge in [-0.1, -0.05) is 42.5 Å². The van der Waals surface area contributed by atoms with E-state index in [1.54, 1.807) is 13.2 Å². The fourth-order valence-corrected chi connectivity index (χ4v) is 2.42. The van der Waals surface area contributed by atoms with Crippen LogP contribution in [0.3, 0.4) is 0 Å². The summed E-state index contributed by atoms with van der Waals surface area (Å²) in [5, 5.41) is 17.9. The van der Waals surface area contributed by atoms with Gasteiger partial charge in [0.1, 0.15) is 11.8 Å². The van der Waals surface area contributed by atoms with Crippen LogP contribution in [0.25, 0.3) is 23.0 Å². The number of nitriles is 1. The molecule has 0 bridgehead atoms. The van der Waals surface area contributed by atoms with Crippen molar-refractivity contribution in [2.24, 2.45) is 7.05 Å². The zero-order valence-corrected chi connectivity index (χ0v) is 13.5. The van der Waals surface area contributed by atoms with Crippen LogP contribution in [0.15, 0.2) is 54.6 Å². The Bertz CT molecular complexity index is 903. The monoisotopic (exact) mass is 316 g/mol. The summed E-state index contributed by atoms with van der Waals surface area (Å²) in [6.07, 6.45) is 1.79. The van der Waals surface area contributed by atoms with Gasteiger partial charge in [0.25, 0.3) is 0 Å². The predicted molar refractivity (Wildman–Crippen MR) is 92.9 cm³/mol. The molecule has 0 N–H and O–H groups in total. The lowest BCUT2D eigenvalue weighted by atomic mass is 10.1. The zero-order valence-electron chi connectivity index (χ0n) is 13.5. The summed E-state index contributed by atoms with van der Waals surface area (Å²) in [6.45, 7) is 0. The molecule has 118 valence electrons. The maximum absolute atomic E-state index is 9.52. The average Bonchev–Trinajstić information content (AvgIpc) is 3.02. The molecule has 0 atom stereocenters. The Kier molecular flexibility index (Phi) is 4.39. The lowest BCUT2D eigenvalue weighted by Crippen LogP contribution is -1.98. The lowest BCUT2D eigenvalue weighted by molar-refractivity contribution is 0.415. The molecule has 1 aromatic heterocycles. The van der Waals surface area contributed by atoms with Gasteiger partial charge >= 0.3 is 0 Å². The van der Waals surface area contributed by atoms with Crippen LogP contribution in [0.1, 0.15) is 11.4 Å². The third-order valence-corrected chi connectivity index (χ3v) is 3.70. The summed E-state index contributed by atoms with van der Waals surface area (Å²) >= 11 is 0. The largest absolute Gasteiger partial charge is 0.497 e. The molecule has 1 heterocycles. The molecular weight excluding hydrogens is 300 g/mol. The highest BCUT2D eigenvalue weighted by atomic mass is 16.5. The van der Waals surface area contributed by atoms with E-state index in [-0.39, 0.29) is 0 Å². The van der Waals surface area contributed by atoms with Gasteiger partial charge in [-0.2, -0.15) is 5.26 Å². The number of hydrogen-bond acceptors (Lipinski definition) is 4. The number of allylic oxidation sites excluding steroid dienone is 1. The van der Waals surface area contributed by atoms with Crippen LogP contribution in [0, 0.1) is 11.3 Å². The molecule has 0 fully saturated rings. The van der Waals surface area contributed by atoms with E-state index in [4.69, 9.17) is 4.74 Å². The molecule has 3 rings (SSSR count). The van der Waals surface area contributed by atoms with E-state index in [0.29, 0.717) is 11.4 Å². The fraction of sp³-hybridized carbons (Fsp3) is 0.105. The van der Waals surface area contributed by atoms with Gasteiger partial charge in [-0.05, 0) is 23.8 Å². The molecule has 5 heteroatoms. The molecule has 24 heavy (non-hydrogen) atoms. The molecule has 2 aromatic carbocycles. The van der Waals surface area contributed by atoms with Gasteiger partial charge in [0.2, 0.25) is 0 Å². The highest BCUT2D eigenvalue weighted by molar-refractivity contribution is 5.87. The van der Waals surface area contributed by atoms with Crippen molar-refractivity contribution in [3.8, 4) is 23.2 Å². The van der Waals surface area contributed by atoms with E-state index in [2.05, 4.69) is 16.3 Å². The van der Waals surface area contributed by atoms with E-state index in [1.807, 2.05) is 66.2 Å². The molecular formula is C19H16N4O. The number of hydrogen-bond donors (Lipinski definition) is 0. The summed E-state index contributed by atoms with van der Waals surface area (Å²) in [5.41, 5.74) is 2.31. The van der Waals surface area contributed by atoms with Crippen molar-refractivity contribution in [1.82, 2.24) is 14.8 Å². The van der Waals surface area contributed by atoms with E-state index in [1.165, 1.54) is 0 Å². The fourth-order valence-electron chi connectivity index (χ4n) is 2.42. The summed E-state index contributed by atoms with van der Waals surface area (Å²) in [5.74, 6) is 2.03. The Morgan fingerprint density at radius 3 is 2.42 bits per heavy atom. The maximum atomic E-state index is 9.52.